The Kier molecular flexibility index (Phi) is 3.29. The van der Waals surface area contributed by atoms with Crippen LogP contribution in [-0.4, -0.2) is 35.9 Å². The summed E-state index contributed by atoms with van der Waals surface area (Å²) in [6.07, 6.45) is -0.115. The number of primary amides is 1. The van der Waals surface area contributed by atoms with Crippen LogP contribution in [0.15, 0.2) is 0 Å². The molecule has 1 saturated heterocycles. The molecule has 1 heterocycles. The van der Waals surface area contributed by atoms with Crippen LogP contribution < -0.4 is 11.1 Å². The molecule has 4 N–H and O–H groups in total. The third kappa shape index (κ3) is 2.88. The number of carbonyl (C=O) groups excluding carboxylic acids is 1. The lowest BCUT2D eigenvalue weighted by Crippen LogP contribution is -2.47. The number of nitrogens with two attached hydrogens (primary N) is 1. The molecular formula is C8H14N2O4. The Morgan fingerprint density at radius 1 is 1.43 bits per heavy atom. The fraction of sp³-hybridized carbons (Fsp3) is 0.750. The summed E-state index contributed by atoms with van der Waals surface area (Å²) in [5.41, 5.74) is 4.00. The van der Waals surface area contributed by atoms with E-state index in [1.807, 2.05) is 0 Å². The molecular weight excluding hydrogens is 188 g/mol. The Hall–Kier alpha value is -1.30. The Morgan fingerprint density at radius 2 is 2.00 bits per heavy atom. The minimum atomic E-state index is -0.979. The van der Waals surface area contributed by atoms with Crippen LogP contribution in [0, 0.1) is 0 Å². The third-order valence-corrected chi connectivity index (χ3v) is 2.31. The van der Waals surface area contributed by atoms with Crippen molar-refractivity contribution in [3.8, 4) is 0 Å². The van der Waals surface area contributed by atoms with Crippen LogP contribution in [-0.2, 0) is 9.53 Å². The van der Waals surface area contributed by atoms with Gasteiger partial charge in [-0.05, 0) is 13.1 Å². The summed E-state index contributed by atoms with van der Waals surface area (Å²) in [6.45, 7) is 1.28. The van der Waals surface area contributed by atoms with Gasteiger partial charge in [0.25, 0.3) is 0 Å². The molecule has 0 unspecified atom stereocenters. The lowest BCUT2D eigenvalue weighted by Gasteiger charge is -2.35. The van der Waals surface area contributed by atoms with Gasteiger partial charge in [0.1, 0.15) is 5.60 Å². The van der Waals surface area contributed by atoms with Crippen molar-refractivity contribution in [3.63, 3.8) is 0 Å². The highest BCUT2D eigenvalue weighted by molar-refractivity contribution is 5.70. The van der Waals surface area contributed by atoms with Crippen molar-refractivity contribution in [1.29, 1.82) is 0 Å². The van der Waals surface area contributed by atoms with E-state index in [9.17, 15) is 9.59 Å². The molecule has 1 amide bonds. The first kappa shape index (κ1) is 10.8. The van der Waals surface area contributed by atoms with Gasteiger partial charge in [-0.2, -0.15) is 0 Å². The van der Waals surface area contributed by atoms with Crippen molar-refractivity contribution >= 4 is 12.1 Å². The van der Waals surface area contributed by atoms with Crippen LogP contribution in [0.5, 0.6) is 0 Å². The number of nitrogens with one attached hydrogen (secondary N) is 1. The molecule has 1 aliphatic rings. The van der Waals surface area contributed by atoms with Gasteiger partial charge in [-0.1, -0.05) is 0 Å². The van der Waals surface area contributed by atoms with E-state index in [0.717, 1.165) is 0 Å². The predicted octanol–water partition coefficient (Wildman–Crippen LogP) is -0.321. The number of ether oxygens (including phenoxy) is 1. The van der Waals surface area contributed by atoms with E-state index in [-0.39, 0.29) is 6.42 Å². The summed E-state index contributed by atoms with van der Waals surface area (Å²) in [5.74, 6) is -0.979. The van der Waals surface area contributed by atoms with Crippen molar-refractivity contribution in [3.05, 3.63) is 0 Å². The second-order valence-corrected chi connectivity index (χ2v) is 3.42. The maximum absolute atomic E-state index is 10.6. The van der Waals surface area contributed by atoms with Crippen LogP contribution >= 0.6 is 0 Å². The van der Waals surface area contributed by atoms with Gasteiger partial charge in [-0.15, -0.1) is 0 Å². The van der Waals surface area contributed by atoms with E-state index in [1.165, 1.54) is 0 Å². The summed E-state index contributed by atoms with van der Waals surface area (Å²) in [7, 11) is 0. The van der Waals surface area contributed by atoms with Crippen molar-refractivity contribution in [2.45, 2.75) is 24.9 Å². The van der Waals surface area contributed by atoms with Crippen LogP contribution in [0.2, 0.25) is 0 Å². The molecule has 1 fully saturated rings. The number of rotatable bonds is 3. The highest BCUT2D eigenvalue weighted by Gasteiger charge is 2.37. The van der Waals surface area contributed by atoms with Gasteiger partial charge in [0.05, 0.1) is 6.42 Å². The Labute approximate surface area is 81.4 Å². The molecule has 0 radical (unpaired) electrons. The van der Waals surface area contributed by atoms with E-state index in [1.54, 1.807) is 0 Å². The molecule has 6 nitrogen and oxygen atoms in total. The number of amides is 1. The maximum Gasteiger partial charge on any atom is 0.405 e. The first-order valence-electron chi connectivity index (χ1n) is 4.45. The summed E-state index contributed by atoms with van der Waals surface area (Å²) in [6, 6.07) is 0. The molecule has 0 spiro atoms. The predicted molar refractivity (Wildman–Crippen MR) is 47.8 cm³/mol. The molecule has 6 heteroatoms. The van der Waals surface area contributed by atoms with Crippen LogP contribution in [0.4, 0.5) is 4.79 Å². The van der Waals surface area contributed by atoms with Crippen molar-refractivity contribution < 1.29 is 19.4 Å². The van der Waals surface area contributed by atoms with E-state index in [0.29, 0.717) is 25.9 Å². The number of carboxylic acids is 1. The molecule has 0 bridgehead atoms. The summed E-state index contributed by atoms with van der Waals surface area (Å²) >= 11 is 0. The number of hydrogen-bond donors (Lipinski definition) is 3. The Balaban J connectivity index is 2.66. The van der Waals surface area contributed by atoms with E-state index in [4.69, 9.17) is 15.6 Å². The highest BCUT2D eigenvalue weighted by Crippen LogP contribution is 2.26. The van der Waals surface area contributed by atoms with Gasteiger partial charge in [0, 0.05) is 12.8 Å². The lowest BCUT2D eigenvalue weighted by molar-refractivity contribution is -0.143. The van der Waals surface area contributed by atoms with Crippen molar-refractivity contribution in [2.75, 3.05) is 13.1 Å². The number of carboxylic acid groups (broad SMARTS) is 1. The standard InChI is InChI=1S/C8H14N2O4/c9-7(13)14-8(5-6(11)12)1-3-10-4-2-8/h10H,1-5H2,(H2,9,13)(H,11,12). The largest absolute Gasteiger partial charge is 0.481 e. The molecule has 1 aliphatic heterocycles. The second-order valence-electron chi connectivity index (χ2n) is 3.42. The molecule has 1 rings (SSSR count). The molecule has 80 valence electrons. The lowest BCUT2D eigenvalue weighted by atomic mass is 9.89. The van der Waals surface area contributed by atoms with Crippen LogP contribution in [0.25, 0.3) is 0 Å². The van der Waals surface area contributed by atoms with Gasteiger partial charge in [-0.25, -0.2) is 4.79 Å². The molecule has 0 atom stereocenters. The summed E-state index contributed by atoms with van der Waals surface area (Å²) < 4.78 is 4.91. The van der Waals surface area contributed by atoms with Gasteiger partial charge >= 0.3 is 12.1 Å². The number of carbonyl (C=O) groups is 2. The fourth-order valence-corrected chi connectivity index (χ4v) is 1.69. The van der Waals surface area contributed by atoms with Gasteiger partial charge < -0.3 is 20.9 Å². The summed E-state index contributed by atoms with van der Waals surface area (Å²) in [5, 5.41) is 11.8. The van der Waals surface area contributed by atoms with E-state index in [2.05, 4.69) is 5.32 Å². The highest BCUT2D eigenvalue weighted by atomic mass is 16.6. The van der Waals surface area contributed by atoms with E-state index >= 15 is 0 Å². The zero-order chi connectivity index (χ0) is 10.6. The van der Waals surface area contributed by atoms with Crippen LogP contribution in [0.1, 0.15) is 19.3 Å². The molecule has 0 saturated carbocycles. The van der Waals surface area contributed by atoms with E-state index < -0.39 is 17.7 Å². The molecule has 0 aromatic carbocycles. The van der Waals surface area contributed by atoms with Crippen LogP contribution in [0.3, 0.4) is 0 Å². The average molecular weight is 202 g/mol. The quantitative estimate of drug-likeness (QED) is 0.582. The second kappa shape index (κ2) is 4.28. The Bertz CT molecular complexity index is 217. The van der Waals surface area contributed by atoms with Gasteiger partial charge in [-0.3, -0.25) is 4.79 Å². The van der Waals surface area contributed by atoms with Crippen molar-refractivity contribution in [1.82, 2.24) is 5.32 Å². The topological polar surface area (TPSA) is 102 Å². The fourth-order valence-electron chi connectivity index (χ4n) is 1.69. The molecule has 0 aromatic heterocycles. The minimum absolute atomic E-state index is 0.183. The first-order chi connectivity index (χ1) is 6.54. The number of hydrogen-bond acceptors (Lipinski definition) is 4. The zero-order valence-electron chi connectivity index (χ0n) is 7.78. The smallest absolute Gasteiger partial charge is 0.405 e. The maximum atomic E-state index is 10.6. The summed E-state index contributed by atoms with van der Waals surface area (Å²) in [4.78, 5) is 21.2. The molecule has 0 aliphatic carbocycles. The van der Waals surface area contributed by atoms with Crippen molar-refractivity contribution in [2.24, 2.45) is 5.73 Å². The SMILES string of the molecule is NC(=O)OC1(CC(=O)O)CCNCC1. The minimum Gasteiger partial charge on any atom is -0.481 e. The molecule has 14 heavy (non-hydrogen) atoms. The average Bonchev–Trinajstić information content (AvgIpc) is 2.01. The molecule has 0 aromatic rings. The monoisotopic (exact) mass is 202 g/mol. The third-order valence-electron chi connectivity index (χ3n) is 2.31. The van der Waals surface area contributed by atoms with Gasteiger partial charge in [0.15, 0.2) is 0 Å². The first-order valence-corrected chi connectivity index (χ1v) is 4.45. The van der Waals surface area contributed by atoms with Gasteiger partial charge in [0.2, 0.25) is 0 Å². The number of piperidine rings is 1. The normalized spacial score (nSPS) is 20.0. The zero-order valence-corrected chi connectivity index (χ0v) is 7.78. The number of aliphatic carboxylic acids is 1. The Morgan fingerprint density at radius 3 is 2.43 bits per heavy atom.